The number of nitrogens with one attached hydrogen (secondary N) is 1. The van der Waals surface area contributed by atoms with Gasteiger partial charge in [0.25, 0.3) is 0 Å². The van der Waals surface area contributed by atoms with Crippen LogP contribution in [0.5, 0.6) is 0 Å². The van der Waals surface area contributed by atoms with Crippen LogP contribution in [0.25, 0.3) is 0 Å². The Morgan fingerprint density at radius 2 is 1.83 bits per heavy atom. The molecule has 0 bridgehead atoms. The number of hydrogen-bond acceptors (Lipinski definition) is 4. The molecule has 5 N–H and O–H groups in total. The van der Waals surface area contributed by atoms with E-state index in [1.807, 2.05) is 0 Å². The molecule has 0 aromatic carbocycles. The van der Waals surface area contributed by atoms with E-state index in [0.717, 1.165) is 13.0 Å². The minimum absolute atomic E-state index is 0.389. The third-order valence-electron chi connectivity index (χ3n) is 1.05. The lowest BCUT2D eigenvalue weighted by molar-refractivity contribution is -0.858. The lowest BCUT2D eigenvalue weighted by atomic mass is 10.4. The van der Waals surface area contributed by atoms with Crippen LogP contribution >= 0.6 is 0 Å². The number of nitrogens with two attached hydrogens (primary N) is 2. The van der Waals surface area contributed by atoms with Gasteiger partial charge in [-0.05, 0) is 6.54 Å². The van der Waals surface area contributed by atoms with Crippen LogP contribution in [0.4, 0.5) is 0 Å². The van der Waals surface area contributed by atoms with Crippen molar-refractivity contribution < 1.29 is 14.8 Å². The molecule has 0 heterocycles. The number of carbonyl (C=O) groups is 1. The Bertz CT molecular complexity index is 107. The highest BCUT2D eigenvalue weighted by molar-refractivity contribution is 5.66. The van der Waals surface area contributed by atoms with Crippen molar-refractivity contribution in [2.24, 2.45) is 11.5 Å². The zero-order valence-corrected chi connectivity index (χ0v) is 7.80. The fourth-order valence-corrected chi connectivity index (χ4v) is 0.456. The molecular weight excluding hydrogens is 158 g/mol. The maximum Gasteiger partial charge on any atom is 0.0779 e. The number of rotatable bonds is 4. The molecule has 0 radical (unpaired) electrons. The molecule has 74 valence electrons. The number of carbonyl (C=O) groups excluding carboxylic acids is 1. The number of hydrogen-bond donors (Lipinski definition) is 3. The SMILES string of the molecule is C[NH+](C)CCCN.NCC(=O)[O-]. The second-order valence-corrected chi connectivity index (χ2v) is 2.68. The van der Waals surface area contributed by atoms with Crippen molar-refractivity contribution in [1.29, 1.82) is 0 Å². The van der Waals surface area contributed by atoms with E-state index in [9.17, 15) is 0 Å². The van der Waals surface area contributed by atoms with E-state index in [-0.39, 0.29) is 6.54 Å². The van der Waals surface area contributed by atoms with Crippen LogP contribution in [0.3, 0.4) is 0 Å². The second-order valence-electron chi connectivity index (χ2n) is 2.68. The van der Waals surface area contributed by atoms with Gasteiger partial charge >= 0.3 is 0 Å². The monoisotopic (exact) mass is 177 g/mol. The molecule has 0 saturated heterocycles. The topological polar surface area (TPSA) is 96.6 Å². The highest BCUT2D eigenvalue weighted by Gasteiger charge is 1.87. The first kappa shape index (κ1) is 13.9. The van der Waals surface area contributed by atoms with Gasteiger partial charge in [0, 0.05) is 13.0 Å². The molecule has 0 aliphatic carbocycles. The number of aliphatic carboxylic acids is 1. The lowest BCUT2D eigenvalue weighted by Crippen LogP contribution is -3.05. The van der Waals surface area contributed by atoms with Gasteiger partial charge in [0.15, 0.2) is 0 Å². The Kier molecular flexibility index (Phi) is 12.0. The van der Waals surface area contributed by atoms with Gasteiger partial charge in [0.05, 0.1) is 26.6 Å². The molecular formula is C7H19N3O2. The summed E-state index contributed by atoms with van der Waals surface area (Å²) >= 11 is 0. The Morgan fingerprint density at radius 1 is 1.42 bits per heavy atom. The van der Waals surface area contributed by atoms with Gasteiger partial charge in [0.1, 0.15) is 0 Å². The molecule has 0 aliphatic rings. The predicted molar refractivity (Wildman–Crippen MR) is 45.4 cm³/mol. The average molecular weight is 177 g/mol. The first-order valence-corrected chi connectivity index (χ1v) is 3.93. The van der Waals surface area contributed by atoms with Gasteiger partial charge in [-0.15, -0.1) is 0 Å². The molecule has 0 unspecified atom stereocenters. The Balaban J connectivity index is 0. The van der Waals surface area contributed by atoms with Gasteiger partial charge in [-0.2, -0.15) is 0 Å². The number of carboxylic acid groups (broad SMARTS) is 1. The number of quaternary nitrogens is 1. The maximum absolute atomic E-state index is 9.13. The van der Waals surface area contributed by atoms with Crippen LogP contribution in [0.2, 0.25) is 0 Å². The summed E-state index contributed by atoms with van der Waals surface area (Å²) in [6.07, 6.45) is 1.14. The number of carboxylic acids is 1. The summed E-state index contributed by atoms with van der Waals surface area (Å²) in [7, 11) is 4.27. The van der Waals surface area contributed by atoms with Crippen molar-refractivity contribution in [3.8, 4) is 0 Å². The first-order chi connectivity index (χ1) is 5.54. The highest BCUT2D eigenvalue weighted by Crippen LogP contribution is 1.59. The molecule has 0 spiro atoms. The van der Waals surface area contributed by atoms with E-state index >= 15 is 0 Å². The minimum atomic E-state index is -1.22. The van der Waals surface area contributed by atoms with Crippen molar-refractivity contribution in [2.75, 3.05) is 33.7 Å². The van der Waals surface area contributed by atoms with Crippen LogP contribution in [0.1, 0.15) is 6.42 Å². The molecule has 0 rings (SSSR count). The zero-order chi connectivity index (χ0) is 9.98. The normalized spacial score (nSPS) is 9.08. The van der Waals surface area contributed by atoms with Crippen molar-refractivity contribution in [2.45, 2.75) is 6.42 Å². The zero-order valence-electron chi connectivity index (χ0n) is 7.80. The largest absolute Gasteiger partial charge is 0.549 e. The van der Waals surface area contributed by atoms with Gasteiger partial charge in [0.2, 0.25) is 0 Å². The van der Waals surface area contributed by atoms with Crippen LogP contribution in [-0.4, -0.2) is 39.7 Å². The Labute approximate surface area is 73.3 Å². The van der Waals surface area contributed by atoms with E-state index in [4.69, 9.17) is 15.6 Å². The third-order valence-corrected chi connectivity index (χ3v) is 1.05. The molecule has 0 aromatic rings. The summed E-state index contributed by atoms with van der Waals surface area (Å²) in [5.74, 6) is -1.22. The van der Waals surface area contributed by atoms with E-state index in [1.165, 1.54) is 11.4 Å². The molecule has 12 heavy (non-hydrogen) atoms. The van der Waals surface area contributed by atoms with Gasteiger partial charge in [-0.3, -0.25) is 0 Å². The average Bonchev–Trinajstić information content (AvgIpc) is 2.02. The smallest absolute Gasteiger partial charge is 0.0779 e. The van der Waals surface area contributed by atoms with Gasteiger partial charge in [-0.1, -0.05) is 0 Å². The predicted octanol–water partition coefficient (Wildman–Crippen LogP) is -3.83. The van der Waals surface area contributed by atoms with Crippen LogP contribution in [0, 0.1) is 0 Å². The lowest BCUT2D eigenvalue weighted by Gasteiger charge is -2.03. The molecule has 5 heteroatoms. The minimum Gasteiger partial charge on any atom is -0.549 e. The summed E-state index contributed by atoms with van der Waals surface area (Å²) in [6.45, 7) is 1.63. The fourth-order valence-electron chi connectivity index (χ4n) is 0.456. The molecule has 5 nitrogen and oxygen atoms in total. The Hall–Kier alpha value is -0.650. The Morgan fingerprint density at radius 3 is 1.92 bits per heavy atom. The van der Waals surface area contributed by atoms with E-state index in [0.29, 0.717) is 0 Å². The van der Waals surface area contributed by atoms with Crippen molar-refractivity contribution >= 4 is 5.97 Å². The molecule has 0 aliphatic heterocycles. The maximum atomic E-state index is 9.13. The molecule has 0 aromatic heterocycles. The van der Waals surface area contributed by atoms with Gasteiger partial charge in [-0.25, -0.2) is 0 Å². The van der Waals surface area contributed by atoms with E-state index in [2.05, 4.69) is 19.8 Å². The van der Waals surface area contributed by atoms with E-state index in [1.54, 1.807) is 0 Å². The first-order valence-electron chi connectivity index (χ1n) is 3.93. The van der Waals surface area contributed by atoms with Crippen LogP contribution in [-0.2, 0) is 4.79 Å². The molecule has 0 atom stereocenters. The summed E-state index contributed by atoms with van der Waals surface area (Å²) in [5, 5.41) is 9.13. The van der Waals surface area contributed by atoms with Crippen molar-refractivity contribution in [3.05, 3.63) is 0 Å². The van der Waals surface area contributed by atoms with Crippen molar-refractivity contribution in [3.63, 3.8) is 0 Å². The summed E-state index contributed by atoms with van der Waals surface area (Å²) in [6, 6.07) is 0. The molecule has 0 saturated carbocycles. The third kappa shape index (κ3) is 22.8. The van der Waals surface area contributed by atoms with Crippen molar-refractivity contribution in [1.82, 2.24) is 0 Å². The van der Waals surface area contributed by atoms with Crippen LogP contribution in [0.15, 0.2) is 0 Å². The fraction of sp³-hybridized carbons (Fsp3) is 0.857. The molecule has 0 fully saturated rings. The van der Waals surface area contributed by atoms with E-state index < -0.39 is 5.97 Å². The quantitative estimate of drug-likeness (QED) is 0.410. The second kappa shape index (κ2) is 10.3. The summed E-state index contributed by atoms with van der Waals surface area (Å²) in [4.78, 5) is 10.6. The standard InChI is InChI=1S/C5H14N2.C2H5NO2/c1-7(2)5-3-4-6;3-1-2(4)5/h3-6H2,1-2H3;1,3H2,(H,4,5). The molecule has 0 amide bonds. The summed E-state index contributed by atoms with van der Waals surface area (Å²) in [5.41, 5.74) is 9.77. The highest BCUT2D eigenvalue weighted by atomic mass is 16.4. The summed E-state index contributed by atoms with van der Waals surface area (Å²) < 4.78 is 0. The van der Waals surface area contributed by atoms with Gasteiger partial charge < -0.3 is 26.3 Å². The van der Waals surface area contributed by atoms with Crippen LogP contribution < -0.4 is 21.5 Å².